The Morgan fingerprint density at radius 1 is 0.943 bits per heavy atom. The number of cyclic esters (lactones) is 1. The predicted octanol–water partition coefficient (Wildman–Crippen LogP) is 3.36. The maximum atomic E-state index is 12.5. The number of aromatic nitrogens is 1. The van der Waals surface area contributed by atoms with Gasteiger partial charge in [-0.1, -0.05) is 48.5 Å². The molecule has 1 aliphatic rings. The molecule has 5 rings (SSSR count). The lowest BCUT2D eigenvalue weighted by Gasteiger charge is -2.23. The summed E-state index contributed by atoms with van der Waals surface area (Å²) in [6.07, 6.45) is 0.948. The van der Waals surface area contributed by atoms with Crippen molar-refractivity contribution in [2.75, 3.05) is 0 Å². The predicted molar refractivity (Wildman–Crippen MR) is 127 cm³/mol. The molecule has 0 fully saturated rings. The monoisotopic (exact) mass is 467 g/mol. The van der Waals surface area contributed by atoms with Crippen molar-refractivity contribution in [1.29, 1.82) is 0 Å². The Morgan fingerprint density at radius 3 is 2.60 bits per heavy atom. The lowest BCUT2D eigenvalue weighted by atomic mass is 9.98. The molecule has 8 nitrogen and oxygen atoms in total. The van der Waals surface area contributed by atoms with Crippen LogP contribution in [0.1, 0.15) is 31.8 Å². The molecule has 0 radical (unpaired) electrons. The number of esters is 1. The zero-order chi connectivity index (χ0) is 24.2. The van der Waals surface area contributed by atoms with Crippen LogP contribution in [-0.2, 0) is 22.6 Å². The summed E-state index contributed by atoms with van der Waals surface area (Å²) in [6, 6.07) is 23.4. The van der Waals surface area contributed by atoms with Gasteiger partial charge in [0.25, 0.3) is 11.8 Å². The van der Waals surface area contributed by atoms with Crippen LogP contribution >= 0.6 is 0 Å². The zero-order valence-corrected chi connectivity index (χ0v) is 18.6. The maximum Gasteiger partial charge on any atom is 0.339 e. The van der Waals surface area contributed by atoms with Gasteiger partial charge < -0.3 is 9.47 Å². The first-order chi connectivity index (χ1) is 17.1. The lowest BCUT2D eigenvalue weighted by molar-refractivity contribution is -0.131. The minimum Gasteiger partial charge on any atom is -0.487 e. The number of carbonyl (C=O) groups is 3. The number of hydrogen-bond donors (Lipinski definition) is 2. The Labute approximate surface area is 200 Å². The summed E-state index contributed by atoms with van der Waals surface area (Å²) in [7, 11) is 0. The van der Waals surface area contributed by atoms with Gasteiger partial charge in [-0.3, -0.25) is 25.4 Å². The van der Waals surface area contributed by atoms with Crippen molar-refractivity contribution in [2.45, 2.75) is 19.1 Å². The van der Waals surface area contributed by atoms with Gasteiger partial charge in [0.2, 0.25) is 0 Å². The number of amides is 2. The topological polar surface area (TPSA) is 107 Å². The number of pyridine rings is 1. The molecule has 0 saturated carbocycles. The summed E-state index contributed by atoms with van der Waals surface area (Å²) in [4.78, 5) is 41.4. The van der Waals surface area contributed by atoms with Gasteiger partial charge in [0, 0.05) is 23.6 Å². The van der Waals surface area contributed by atoms with E-state index < -0.39 is 23.9 Å². The highest BCUT2D eigenvalue weighted by Crippen LogP contribution is 2.24. The van der Waals surface area contributed by atoms with Crippen molar-refractivity contribution in [3.63, 3.8) is 0 Å². The summed E-state index contributed by atoms with van der Waals surface area (Å²) in [5.41, 5.74) is 7.88. The summed E-state index contributed by atoms with van der Waals surface area (Å²) in [5.74, 6) is -0.976. The summed E-state index contributed by atoms with van der Waals surface area (Å²) >= 11 is 0. The first kappa shape index (κ1) is 22.1. The van der Waals surface area contributed by atoms with Crippen molar-refractivity contribution in [1.82, 2.24) is 15.8 Å². The van der Waals surface area contributed by atoms with Crippen LogP contribution < -0.4 is 15.6 Å². The number of nitrogens with one attached hydrogen (secondary N) is 2. The average Bonchev–Trinajstić information content (AvgIpc) is 2.90. The van der Waals surface area contributed by atoms with Gasteiger partial charge in [0.05, 0.1) is 5.56 Å². The largest absolute Gasteiger partial charge is 0.487 e. The highest BCUT2D eigenvalue weighted by Gasteiger charge is 2.31. The van der Waals surface area contributed by atoms with Crippen LogP contribution in [0.3, 0.4) is 0 Å². The molecule has 1 atom stereocenters. The van der Waals surface area contributed by atoms with Crippen molar-refractivity contribution >= 4 is 28.7 Å². The number of carbonyl (C=O) groups excluding carboxylic acids is 3. The number of hydrogen-bond acceptors (Lipinski definition) is 6. The molecule has 2 amide bonds. The number of rotatable bonds is 5. The van der Waals surface area contributed by atoms with E-state index in [2.05, 4.69) is 15.8 Å². The molecule has 0 spiro atoms. The summed E-state index contributed by atoms with van der Waals surface area (Å²) < 4.78 is 11.1. The zero-order valence-electron chi connectivity index (χ0n) is 18.6. The molecule has 3 aromatic carbocycles. The molecule has 0 bridgehead atoms. The lowest BCUT2D eigenvalue weighted by Crippen LogP contribution is -2.49. The number of fused-ring (bicyclic) bond motifs is 2. The van der Waals surface area contributed by atoms with E-state index in [9.17, 15) is 14.4 Å². The molecule has 35 heavy (non-hydrogen) atoms. The van der Waals surface area contributed by atoms with Gasteiger partial charge in [-0.25, -0.2) is 4.79 Å². The minimum atomic E-state index is -1.01. The number of benzene rings is 3. The summed E-state index contributed by atoms with van der Waals surface area (Å²) in [5, 5.41) is 0.992. The van der Waals surface area contributed by atoms with E-state index in [1.54, 1.807) is 54.7 Å². The Morgan fingerprint density at radius 2 is 1.74 bits per heavy atom. The molecule has 8 heteroatoms. The number of nitrogens with zero attached hydrogens (tertiary/aromatic N) is 1. The smallest absolute Gasteiger partial charge is 0.339 e. The van der Waals surface area contributed by atoms with Crippen molar-refractivity contribution < 1.29 is 23.9 Å². The van der Waals surface area contributed by atoms with E-state index in [1.807, 2.05) is 30.3 Å². The Kier molecular flexibility index (Phi) is 6.09. The fraction of sp³-hybridized carbons (Fsp3) is 0.111. The molecular weight excluding hydrogens is 446 g/mol. The molecule has 1 aromatic heterocycles. The van der Waals surface area contributed by atoms with E-state index in [-0.39, 0.29) is 6.42 Å². The second-order valence-electron chi connectivity index (χ2n) is 8.02. The second kappa shape index (κ2) is 9.64. The molecular formula is C27H21N3O5. The van der Waals surface area contributed by atoms with Gasteiger partial charge in [-0.15, -0.1) is 0 Å². The third kappa shape index (κ3) is 4.81. The first-order valence-corrected chi connectivity index (χ1v) is 11.0. The van der Waals surface area contributed by atoms with Crippen molar-refractivity contribution in [3.8, 4) is 5.75 Å². The molecule has 1 aliphatic heterocycles. The van der Waals surface area contributed by atoms with Crippen LogP contribution in [0.4, 0.5) is 0 Å². The summed E-state index contributed by atoms with van der Waals surface area (Å²) in [6.45, 7) is 0.308. The van der Waals surface area contributed by atoms with E-state index in [1.165, 1.54) is 0 Å². The van der Waals surface area contributed by atoms with Crippen LogP contribution in [0.2, 0.25) is 0 Å². The first-order valence-electron chi connectivity index (χ1n) is 11.0. The quantitative estimate of drug-likeness (QED) is 0.344. The fourth-order valence-electron chi connectivity index (χ4n) is 3.85. The molecule has 2 N–H and O–H groups in total. The Hall–Kier alpha value is -4.72. The van der Waals surface area contributed by atoms with Gasteiger partial charge >= 0.3 is 5.97 Å². The third-order valence-corrected chi connectivity index (χ3v) is 5.69. The third-order valence-electron chi connectivity index (χ3n) is 5.69. The fourth-order valence-corrected chi connectivity index (χ4v) is 3.85. The minimum absolute atomic E-state index is 0.241. The van der Waals surface area contributed by atoms with Gasteiger partial charge in [0.1, 0.15) is 17.9 Å². The van der Waals surface area contributed by atoms with Gasteiger partial charge in [-0.05, 0) is 41.5 Å². The molecule has 174 valence electrons. The van der Waals surface area contributed by atoms with E-state index in [0.717, 1.165) is 22.0 Å². The highest BCUT2D eigenvalue weighted by atomic mass is 16.5. The molecule has 2 heterocycles. The average molecular weight is 467 g/mol. The van der Waals surface area contributed by atoms with Crippen LogP contribution in [-0.4, -0.2) is 28.9 Å². The Balaban J connectivity index is 1.15. The van der Waals surface area contributed by atoms with E-state index in [0.29, 0.717) is 23.5 Å². The second-order valence-corrected chi connectivity index (χ2v) is 8.02. The van der Waals surface area contributed by atoms with Gasteiger partial charge in [0.15, 0.2) is 6.10 Å². The maximum absolute atomic E-state index is 12.5. The standard InChI is InChI=1S/C27H21N3O5/c31-25(29-30-26(32)23-15-20-5-1-2-8-21(20)27(33)35-23)19-12-10-17(11-13-19)16-34-22-9-3-6-18-7-4-14-28-24(18)22/h1-14,23H,15-16H2,(H,29,31)(H,30,32)/t23-/m0/s1. The van der Waals surface area contributed by atoms with Gasteiger partial charge in [-0.2, -0.15) is 0 Å². The molecule has 0 aliphatic carbocycles. The van der Waals surface area contributed by atoms with Crippen LogP contribution in [0, 0.1) is 0 Å². The number of para-hydroxylation sites is 1. The SMILES string of the molecule is O=C(NNC(=O)[C@@H]1Cc2ccccc2C(=O)O1)c1ccc(COc2cccc3cccnc23)cc1. The molecule has 0 unspecified atom stereocenters. The highest BCUT2D eigenvalue weighted by molar-refractivity contribution is 5.98. The van der Waals surface area contributed by atoms with Crippen LogP contribution in [0.5, 0.6) is 5.75 Å². The Bertz CT molecular complexity index is 1410. The van der Waals surface area contributed by atoms with Crippen LogP contribution in [0.15, 0.2) is 85.1 Å². The van der Waals surface area contributed by atoms with Crippen molar-refractivity contribution in [3.05, 3.63) is 107 Å². The normalized spacial score (nSPS) is 14.5. The molecule has 0 saturated heterocycles. The number of hydrazine groups is 1. The van der Waals surface area contributed by atoms with E-state index >= 15 is 0 Å². The van der Waals surface area contributed by atoms with Crippen molar-refractivity contribution in [2.24, 2.45) is 0 Å². The number of ether oxygens (including phenoxy) is 2. The van der Waals surface area contributed by atoms with Crippen LogP contribution in [0.25, 0.3) is 10.9 Å². The van der Waals surface area contributed by atoms with E-state index in [4.69, 9.17) is 9.47 Å². The molecule has 4 aromatic rings.